The third-order valence-electron chi connectivity index (χ3n) is 3.79. The summed E-state index contributed by atoms with van der Waals surface area (Å²) in [6.07, 6.45) is 0.460. The van der Waals surface area contributed by atoms with E-state index in [0.717, 1.165) is 5.69 Å². The molecule has 2 aromatic heterocycles. The molecule has 2 heterocycles. The van der Waals surface area contributed by atoms with Crippen LogP contribution in [0.1, 0.15) is 16.8 Å². The standard InChI is InChI=1S/C18H16F3N7O/c19-18(20,21)29-15-4-2-1-3-12(15)8-25-17-26-9-13(7-22)16(28-17)24-6-5-14-10-23-11-27-14/h1-4,9-11H,5-6,8H2,(H,23,27)(H2,24,25,26,28). The fourth-order valence-electron chi connectivity index (χ4n) is 2.47. The topological polar surface area (TPSA) is 112 Å². The Kier molecular flexibility index (Phi) is 6.13. The lowest BCUT2D eigenvalue weighted by atomic mass is 10.2. The van der Waals surface area contributed by atoms with Gasteiger partial charge in [-0.05, 0) is 6.07 Å². The Morgan fingerprint density at radius 2 is 2.00 bits per heavy atom. The summed E-state index contributed by atoms with van der Waals surface area (Å²) in [5, 5.41) is 15.1. The second-order valence-electron chi connectivity index (χ2n) is 5.83. The number of alkyl halides is 3. The predicted octanol–water partition coefficient (Wildman–Crippen LogP) is 3.24. The first-order valence-corrected chi connectivity index (χ1v) is 8.50. The Balaban J connectivity index is 1.66. The van der Waals surface area contributed by atoms with Crippen LogP contribution in [0.4, 0.5) is 24.9 Å². The van der Waals surface area contributed by atoms with E-state index in [2.05, 4.69) is 35.3 Å². The van der Waals surface area contributed by atoms with Crippen LogP contribution in [0.25, 0.3) is 0 Å². The molecule has 0 atom stereocenters. The normalized spacial score (nSPS) is 11.0. The SMILES string of the molecule is N#Cc1cnc(NCc2ccccc2OC(F)(F)F)nc1NCCc1cnc[nH]1. The van der Waals surface area contributed by atoms with Crippen LogP contribution >= 0.6 is 0 Å². The summed E-state index contributed by atoms with van der Waals surface area (Å²) >= 11 is 0. The van der Waals surface area contributed by atoms with Gasteiger partial charge in [0.15, 0.2) is 0 Å². The van der Waals surface area contributed by atoms with Gasteiger partial charge in [-0.15, -0.1) is 13.2 Å². The lowest BCUT2D eigenvalue weighted by molar-refractivity contribution is -0.274. The van der Waals surface area contributed by atoms with Crippen LogP contribution in [0.3, 0.4) is 0 Å². The van der Waals surface area contributed by atoms with Crippen molar-refractivity contribution in [1.82, 2.24) is 19.9 Å². The minimum absolute atomic E-state index is 0.00569. The van der Waals surface area contributed by atoms with Gasteiger partial charge in [0, 0.05) is 37.0 Å². The van der Waals surface area contributed by atoms with Gasteiger partial charge in [0.1, 0.15) is 23.2 Å². The minimum Gasteiger partial charge on any atom is -0.405 e. The van der Waals surface area contributed by atoms with E-state index in [-0.39, 0.29) is 29.4 Å². The van der Waals surface area contributed by atoms with Crippen molar-refractivity contribution in [3.05, 3.63) is 59.8 Å². The molecule has 0 fully saturated rings. The van der Waals surface area contributed by atoms with Crippen molar-refractivity contribution >= 4 is 11.8 Å². The van der Waals surface area contributed by atoms with E-state index in [0.29, 0.717) is 18.8 Å². The third-order valence-corrected chi connectivity index (χ3v) is 3.79. The fraction of sp³-hybridized carbons (Fsp3) is 0.222. The lowest BCUT2D eigenvalue weighted by Crippen LogP contribution is -2.18. The van der Waals surface area contributed by atoms with Crippen LogP contribution in [0.2, 0.25) is 0 Å². The molecule has 150 valence electrons. The van der Waals surface area contributed by atoms with Crippen LogP contribution in [0.15, 0.2) is 43.0 Å². The van der Waals surface area contributed by atoms with Crippen molar-refractivity contribution in [2.75, 3.05) is 17.2 Å². The molecule has 3 N–H and O–H groups in total. The van der Waals surface area contributed by atoms with Crippen LogP contribution in [0.5, 0.6) is 5.75 Å². The molecule has 8 nitrogen and oxygen atoms in total. The third kappa shape index (κ3) is 5.83. The number of para-hydroxylation sites is 1. The van der Waals surface area contributed by atoms with Crippen molar-refractivity contribution in [2.24, 2.45) is 0 Å². The summed E-state index contributed by atoms with van der Waals surface area (Å²) in [6, 6.07) is 7.77. The van der Waals surface area contributed by atoms with Crippen molar-refractivity contribution in [1.29, 1.82) is 5.26 Å². The van der Waals surface area contributed by atoms with E-state index in [9.17, 15) is 18.4 Å². The number of H-pyrrole nitrogens is 1. The molecule has 1 aromatic carbocycles. The summed E-state index contributed by atoms with van der Waals surface area (Å²) < 4.78 is 41.6. The minimum atomic E-state index is -4.78. The van der Waals surface area contributed by atoms with Gasteiger partial charge in [-0.1, -0.05) is 18.2 Å². The number of hydrogen-bond donors (Lipinski definition) is 3. The Morgan fingerprint density at radius 1 is 1.17 bits per heavy atom. The highest BCUT2D eigenvalue weighted by Gasteiger charge is 2.31. The molecule has 0 amide bonds. The molecule has 0 radical (unpaired) electrons. The molecule has 0 saturated heterocycles. The van der Waals surface area contributed by atoms with Crippen molar-refractivity contribution < 1.29 is 17.9 Å². The molecule has 0 unspecified atom stereocenters. The number of ether oxygens (including phenoxy) is 1. The van der Waals surface area contributed by atoms with Crippen LogP contribution in [-0.4, -0.2) is 32.8 Å². The molecule has 0 aliphatic rings. The van der Waals surface area contributed by atoms with Gasteiger partial charge in [0.05, 0.1) is 12.5 Å². The Labute approximate surface area is 163 Å². The summed E-state index contributed by atoms with van der Waals surface area (Å²) in [4.78, 5) is 15.2. The first-order valence-electron chi connectivity index (χ1n) is 8.50. The van der Waals surface area contributed by atoms with Gasteiger partial charge >= 0.3 is 6.36 Å². The molecule has 0 saturated carbocycles. The van der Waals surface area contributed by atoms with Crippen LogP contribution in [0, 0.1) is 11.3 Å². The number of aromatic nitrogens is 4. The van der Waals surface area contributed by atoms with E-state index < -0.39 is 6.36 Å². The molecular formula is C18H16F3N7O. The van der Waals surface area contributed by atoms with Crippen molar-refractivity contribution in [3.8, 4) is 11.8 Å². The highest BCUT2D eigenvalue weighted by atomic mass is 19.4. The van der Waals surface area contributed by atoms with Gasteiger partial charge in [-0.3, -0.25) is 0 Å². The van der Waals surface area contributed by atoms with E-state index in [1.807, 2.05) is 6.07 Å². The highest BCUT2D eigenvalue weighted by molar-refractivity contribution is 5.53. The first kappa shape index (κ1) is 19.9. The molecule has 0 aliphatic carbocycles. The summed E-state index contributed by atoms with van der Waals surface area (Å²) in [5.41, 5.74) is 1.46. The van der Waals surface area contributed by atoms with Gasteiger partial charge in [-0.2, -0.15) is 10.2 Å². The summed E-state index contributed by atoms with van der Waals surface area (Å²) in [6.45, 7) is 0.501. The largest absolute Gasteiger partial charge is 0.573 e. The van der Waals surface area contributed by atoms with Gasteiger partial charge in [-0.25, -0.2) is 9.97 Å². The predicted molar refractivity (Wildman–Crippen MR) is 98.0 cm³/mol. The van der Waals surface area contributed by atoms with E-state index >= 15 is 0 Å². The monoisotopic (exact) mass is 403 g/mol. The molecule has 0 aliphatic heterocycles. The van der Waals surface area contributed by atoms with Gasteiger partial charge in [0.25, 0.3) is 0 Å². The first-order chi connectivity index (χ1) is 13.9. The number of rotatable bonds is 8. The maximum Gasteiger partial charge on any atom is 0.573 e. The average molecular weight is 403 g/mol. The quantitative estimate of drug-likeness (QED) is 0.529. The van der Waals surface area contributed by atoms with Crippen LogP contribution < -0.4 is 15.4 Å². The maximum atomic E-state index is 12.5. The molecule has 3 aromatic rings. The Bertz CT molecular complexity index is 984. The van der Waals surface area contributed by atoms with E-state index in [1.165, 1.54) is 24.4 Å². The molecule has 3 rings (SSSR count). The number of imidazole rings is 1. The second-order valence-corrected chi connectivity index (χ2v) is 5.83. The lowest BCUT2D eigenvalue weighted by Gasteiger charge is -2.14. The zero-order chi connectivity index (χ0) is 20.7. The number of halogens is 3. The Hall–Kier alpha value is -3.81. The number of nitriles is 1. The van der Waals surface area contributed by atoms with E-state index in [1.54, 1.807) is 18.6 Å². The van der Waals surface area contributed by atoms with Crippen LogP contribution in [-0.2, 0) is 13.0 Å². The molecule has 0 spiro atoms. The summed E-state index contributed by atoms with van der Waals surface area (Å²) in [5.74, 6) is 0.179. The molecule has 29 heavy (non-hydrogen) atoms. The molecular weight excluding hydrogens is 387 g/mol. The number of aromatic amines is 1. The zero-order valence-corrected chi connectivity index (χ0v) is 15.0. The number of nitrogens with zero attached hydrogens (tertiary/aromatic N) is 4. The fourth-order valence-corrected chi connectivity index (χ4v) is 2.47. The smallest absolute Gasteiger partial charge is 0.405 e. The maximum absolute atomic E-state index is 12.5. The molecule has 11 heteroatoms. The molecule has 0 bridgehead atoms. The number of benzene rings is 1. The zero-order valence-electron chi connectivity index (χ0n) is 15.0. The van der Waals surface area contributed by atoms with Crippen molar-refractivity contribution in [2.45, 2.75) is 19.3 Å². The van der Waals surface area contributed by atoms with Crippen molar-refractivity contribution in [3.63, 3.8) is 0 Å². The van der Waals surface area contributed by atoms with E-state index in [4.69, 9.17) is 0 Å². The van der Waals surface area contributed by atoms with Gasteiger partial charge < -0.3 is 20.4 Å². The second kappa shape index (κ2) is 8.92. The summed E-state index contributed by atoms with van der Waals surface area (Å²) in [7, 11) is 0. The average Bonchev–Trinajstić information content (AvgIpc) is 3.20. The highest BCUT2D eigenvalue weighted by Crippen LogP contribution is 2.26. The number of nitrogens with one attached hydrogen (secondary N) is 3. The Morgan fingerprint density at radius 3 is 2.72 bits per heavy atom. The number of hydrogen-bond acceptors (Lipinski definition) is 7. The number of anilines is 2. The van der Waals surface area contributed by atoms with Gasteiger partial charge in [0.2, 0.25) is 5.95 Å².